The van der Waals surface area contributed by atoms with Crippen molar-refractivity contribution in [3.05, 3.63) is 11.5 Å². The Balaban J connectivity index is 4.64. The predicted molar refractivity (Wildman–Crippen MR) is 51.6 cm³/mol. The number of nitrogens with zero attached hydrogens (tertiary/aromatic N) is 1. The van der Waals surface area contributed by atoms with Gasteiger partial charge in [-0.1, -0.05) is 0 Å². The fourth-order valence-electron chi connectivity index (χ4n) is 1.31. The first-order valence-corrected chi connectivity index (χ1v) is 4.49. The molecule has 0 aromatic heterocycles. The van der Waals surface area contributed by atoms with E-state index in [-0.39, 0.29) is 18.0 Å². The van der Waals surface area contributed by atoms with E-state index in [1.54, 1.807) is 18.7 Å². The van der Waals surface area contributed by atoms with Crippen LogP contribution in [0.25, 0.3) is 0 Å². The molecule has 0 N–H and O–H groups in total. The second-order valence-corrected chi connectivity index (χ2v) is 3.89. The van der Waals surface area contributed by atoms with Crippen molar-refractivity contribution in [1.29, 1.82) is 0 Å². The highest BCUT2D eigenvalue weighted by molar-refractivity contribution is 5.02. The average Bonchev–Trinajstić information content (AvgIpc) is 1.85. The van der Waals surface area contributed by atoms with Crippen LogP contribution in [-0.2, 0) is 0 Å². The summed E-state index contributed by atoms with van der Waals surface area (Å²) in [5.74, 6) is -0.0833. The van der Waals surface area contributed by atoms with Gasteiger partial charge >= 0.3 is 0 Å². The number of allylic oxidation sites excluding steroid dienone is 1. The summed E-state index contributed by atoms with van der Waals surface area (Å²) in [6, 6.07) is 0.444. The lowest BCUT2D eigenvalue weighted by molar-refractivity contribution is 0.177. The van der Waals surface area contributed by atoms with Crippen molar-refractivity contribution in [1.82, 2.24) is 4.90 Å². The van der Waals surface area contributed by atoms with E-state index in [0.717, 1.165) is 5.57 Å². The largest absolute Gasteiger partial charge is 0.344 e. The SMILES string of the molecule is CC(C)=C(F)N(C(C)C)C(C)C. The van der Waals surface area contributed by atoms with Gasteiger partial charge < -0.3 is 4.90 Å². The first kappa shape index (κ1) is 11.5. The van der Waals surface area contributed by atoms with Crippen molar-refractivity contribution in [2.75, 3.05) is 0 Å². The highest BCUT2D eigenvalue weighted by atomic mass is 19.1. The molecule has 2 heteroatoms. The molecule has 12 heavy (non-hydrogen) atoms. The van der Waals surface area contributed by atoms with Gasteiger partial charge in [0.05, 0.1) is 0 Å². The van der Waals surface area contributed by atoms with Crippen LogP contribution in [0.15, 0.2) is 11.5 Å². The topological polar surface area (TPSA) is 3.24 Å². The van der Waals surface area contributed by atoms with E-state index in [0.29, 0.717) is 0 Å². The lowest BCUT2D eigenvalue weighted by atomic mass is 10.2. The summed E-state index contributed by atoms with van der Waals surface area (Å²) in [4.78, 5) is 1.79. The zero-order valence-electron chi connectivity index (χ0n) is 8.98. The second-order valence-electron chi connectivity index (χ2n) is 3.89. The second kappa shape index (κ2) is 4.48. The van der Waals surface area contributed by atoms with Crippen molar-refractivity contribution in [2.24, 2.45) is 0 Å². The van der Waals surface area contributed by atoms with Crippen LogP contribution in [-0.4, -0.2) is 17.0 Å². The van der Waals surface area contributed by atoms with Crippen LogP contribution >= 0.6 is 0 Å². The smallest absolute Gasteiger partial charge is 0.188 e. The van der Waals surface area contributed by atoms with E-state index in [1.165, 1.54) is 0 Å². The van der Waals surface area contributed by atoms with E-state index >= 15 is 0 Å². The third kappa shape index (κ3) is 2.84. The van der Waals surface area contributed by atoms with E-state index in [4.69, 9.17) is 0 Å². The van der Waals surface area contributed by atoms with Crippen LogP contribution in [0.1, 0.15) is 41.5 Å². The summed E-state index contributed by atoms with van der Waals surface area (Å²) < 4.78 is 13.5. The lowest BCUT2D eigenvalue weighted by Crippen LogP contribution is -2.35. The lowest BCUT2D eigenvalue weighted by Gasteiger charge is -2.31. The Bertz CT molecular complexity index is 159. The fraction of sp³-hybridized carbons (Fsp3) is 0.800. The van der Waals surface area contributed by atoms with Crippen molar-refractivity contribution < 1.29 is 4.39 Å². The molecule has 0 unspecified atom stereocenters. The quantitative estimate of drug-likeness (QED) is 0.592. The van der Waals surface area contributed by atoms with Gasteiger partial charge in [0, 0.05) is 12.1 Å². The monoisotopic (exact) mass is 173 g/mol. The van der Waals surface area contributed by atoms with Crippen LogP contribution in [0.2, 0.25) is 0 Å². The van der Waals surface area contributed by atoms with E-state index in [9.17, 15) is 4.39 Å². The Morgan fingerprint density at radius 3 is 1.42 bits per heavy atom. The molecule has 0 saturated heterocycles. The molecule has 0 saturated carbocycles. The Morgan fingerprint density at radius 1 is 1.00 bits per heavy atom. The zero-order chi connectivity index (χ0) is 9.89. The highest BCUT2D eigenvalue weighted by Gasteiger charge is 2.16. The first-order chi connectivity index (χ1) is 5.37. The molecule has 1 nitrogen and oxygen atoms in total. The molecule has 0 aliphatic rings. The molecule has 0 heterocycles. The molecule has 0 aliphatic carbocycles. The molecule has 0 spiro atoms. The van der Waals surface area contributed by atoms with Crippen molar-refractivity contribution in [3.8, 4) is 0 Å². The summed E-state index contributed by atoms with van der Waals surface area (Å²) in [6.07, 6.45) is 0. The standard InChI is InChI=1S/C10H20FN/c1-7(2)10(11)12(8(3)4)9(5)6/h8-9H,1-6H3. The molecular formula is C10H20FN. The molecule has 0 amide bonds. The number of hydrogen-bond donors (Lipinski definition) is 0. The van der Waals surface area contributed by atoms with Crippen LogP contribution in [0.4, 0.5) is 4.39 Å². The van der Waals surface area contributed by atoms with Gasteiger partial charge in [-0.15, -0.1) is 0 Å². The summed E-state index contributed by atoms with van der Waals surface area (Å²) in [5.41, 5.74) is 0.748. The molecule has 0 atom stereocenters. The van der Waals surface area contributed by atoms with Crippen molar-refractivity contribution in [2.45, 2.75) is 53.6 Å². The normalized spacial score (nSPS) is 10.8. The van der Waals surface area contributed by atoms with Gasteiger partial charge in [0.15, 0.2) is 5.95 Å². The van der Waals surface area contributed by atoms with Gasteiger partial charge in [-0.3, -0.25) is 0 Å². The number of halogens is 1. The summed E-state index contributed by atoms with van der Waals surface area (Å²) in [5, 5.41) is 0. The van der Waals surface area contributed by atoms with Crippen molar-refractivity contribution in [3.63, 3.8) is 0 Å². The Hall–Kier alpha value is -0.530. The Labute approximate surface area is 75.3 Å². The number of rotatable bonds is 3. The van der Waals surface area contributed by atoms with Crippen LogP contribution < -0.4 is 0 Å². The first-order valence-electron chi connectivity index (χ1n) is 4.49. The van der Waals surface area contributed by atoms with Gasteiger partial charge in [0.25, 0.3) is 0 Å². The van der Waals surface area contributed by atoms with Gasteiger partial charge in [0.2, 0.25) is 0 Å². The minimum Gasteiger partial charge on any atom is -0.344 e. The van der Waals surface area contributed by atoms with E-state index < -0.39 is 0 Å². The summed E-state index contributed by atoms with van der Waals surface area (Å²) in [6.45, 7) is 11.6. The van der Waals surface area contributed by atoms with Crippen LogP contribution in [0, 0.1) is 0 Å². The zero-order valence-corrected chi connectivity index (χ0v) is 8.98. The Kier molecular flexibility index (Phi) is 4.29. The minimum absolute atomic E-state index is 0.0833. The average molecular weight is 173 g/mol. The molecule has 0 bridgehead atoms. The molecule has 0 fully saturated rings. The van der Waals surface area contributed by atoms with E-state index in [2.05, 4.69) is 0 Å². The molecule has 0 radical (unpaired) electrons. The maximum absolute atomic E-state index is 13.5. The fourth-order valence-corrected chi connectivity index (χ4v) is 1.31. The van der Waals surface area contributed by atoms with Gasteiger partial charge in [-0.05, 0) is 47.1 Å². The minimum atomic E-state index is -0.0833. The third-order valence-corrected chi connectivity index (χ3v) is 1.75. The van der Waals surface area contributed by atoms with Gasteiger partial charge in [-0.2, -0.15) is 4.39 Å². The van der Waals surface area contributed by atoms with Crippen molar-refractivity contribution >= 4 is 0 Å². The maximum Gasteiger partial charge on any atom is 0.188 e. The van der Waals surface area contributed by atoms with Crippen LogP contribution in [0.5, 0.6) is 0 Å². The Morgan fingerprint density at radius 2 is 1.33 bits per heavy atom. The molecule has 0 aromatic carbocycles. The van der Waals surface area contributed by atoms with E-state index in [1.807, 2.05) is 27.7 Å². The number of hydrogen-bond acceptors (Lipinski definition) is 1. The molecule has 72 valence electrons. The molecule has 0 aromatic rings. The molecular weight excluding hydrogens is 153 g/mol. The third-order valence-electron chi connectivity index (χ3n) is 1.75. The summed E-state index contributed by atoms with van der Waals surface area (Å²) >= 11 is 0. The molecule has 0 aliphatic heterocycles. The maximum atomic E-state index is 13.5. The van der Waals surface area contributed by atoms with Crippen LogP contribution in [0.3, 0.4) is 0 Å². The highest BCUT2D eigenvalue weighted by Crippen LogP contribution is 2.18. The predicted octanol–water partition coefficient (Wildman–Crippen LogP) is 3.33. The van der Waals surface area contributed by atoms with Gasteiger partial charge in [0.1, 0.15) is 0 Å². The van der Waals surface area contributed by atoms with Gasteiger partial charge in [-0.25, -0.2) is 0 Å². The molecule has 0 rings (SSSR count). The summed E-state index contributed by atoms with van der Waals surface area (Å²) in [7, 11) is 0.